The van der Waals surface area contributed by atoms with Crippen molar-refractivity contribution in [3.63, 3.8) is 0 Å². The first-order valence-corrected chi connectivity index (χ1v) is 44.6. The largest absolute Gasteiger partial charge is 0.394 e. The minimum absolute atomic E-state index is 0.178. The van der Waals surface area contributed by atoms with Crippen LogP contribution in [0.2, 0.25) is 0 Å². The number of aliphatic hydroxyl groups is 18. The van der Waals surface area contributed by atoms with Crippen LogP contribution in [0, 0.1) is 0 Å². The average Bonchev–Trinajstić information content (AvgIpc) is 0.765. The second-order valence-electron chi connectivity index (χ2n) is 33.1. The van der Waals surface area contributed by atoms with Gasteiger partial charge in [-0.2, -0.15) is 0 Å². The highest BCUT2D eigenvalue weighted by Crippen LogP contribution is 2.38. The monoisotopic (exact) mass is 1730 g/mol. The number of nitrogens with one attached hydrogen (secondary N) is 3. The third-order valence-electron chi connectivity index (χ3n) is 23.4. The second kappa shape index (κ2) is 58.2. The third kappa shape index (κ3) is 33.7. The SMILES string of the molecule is CCCCCCCC/C=C\CCCCCCCCCCCCCCCC(=O)N[C@@H](CO[C@@H]1OC(CO)[C@@H](O[C@@H]2OC(CO)[C@H](O[C@@H]3OC(CO)[C@H](O)[C@H](O[C@@H]4OC(CO)[C@H](O)[C@H](O[C@@H]5OC(CO)[C@H](O)[C@H](O[C@H]6OC(CO)[C@H](O)[C@H](O)C6NC(C)=O)C5O)C4NC(C)=O)C3O)[C@H](O)C2O)[C@H](O)C1O)[C@H](O)/C=C/CCCCCCCCCCCCC. The van der Waals surface area contributed by atoms with Gasteiger partial charge in [-0.05, 0) is 44.9 Å². The summed E-state index contributed by atoms with van der Waals surface area (Å²) >= 11 is 0. The molecule has 36 heteroatoms. The van der Waals surface area contributed by atoms with Crippen LogP contribution in [-0.4, -0.2) is 352 Å². The van der Waals surface area contributed by atoms with E-state index in [9.17, 15) is 106 Å². The van der Waals surface area contributed by atoms with Crippen molar-refractivity contribution < 1.29 is 163 Å². The van der Waals surface area contributed by atoms with Crippen molar-refractivity contribution in [3.8, 4) is 0 Å². The number of rotatable bonds is 59. The van der Waals surface area contributed by atoms with E-state index in [1.165, 1.54) is 148 Å². The Morgan fingerprint density at radius 3 is 1.04 bits per heavy atom. The molecule has 0 aromatic carbocycles. The lowest BCUT2D eigenvalue weighted by molar-refractivity contribution is -0.390. The lowest BCUT2D eigenvalue weighted by atomic mass is 9.94. The molecule has 0 bridgehead atoms. The van der Waals surface area contributed by atoms with Gasteiger partial charge in [0.2, 0.25) is 17.7 Å². The number of ether oxygens (including phenoxy) is 12. The van der Waals surface area contributed by atoms with Crippen LogP contribution >= 0.6 is 0 Å². The molecule has 6 aliphatic rings. The average molecular weight is 1730 g/mol. The molecule has 0 spiro atoms. The highest BCUT2D eigenvalue weighted by molar-refractivity contribution is 5.76. The van der Waals surface area contributed by atoms with Crippen LogP contribution < -0.4 is 16.0 Å². The summed E-state index contributed by atoms with van der Waals surface area (Å²) in [5, 5.41) is 209. The summed E-state index contributed by atoms with van der Waals surface area (Å²) in [4.78, 5) is 38.8. The molecule has 0 aliphatic carbocycles. The van der Waals surface area contributed by atoms with E-state index in [1.54, 1.807) is 6.08 Å². The zero-order chi connectivity index (χ0) is 87.6. The van der Waals surface area contributed by atoms with Gasteiger partial charge in [-0.15, -0.1) is 0 Å². The molecule has 6 rings (SSSR count). The fraction of sp³-hybridized carbons (Fsp3) is 0.917. The summed E-state index contributed by atoms with van der Waals surface area (Å²) in [6, 6.07) is -4.52. The first-order valence-electron chi connectivity index (χ1n) is 44.6. The van der Waals surface area contributed by atoms with Gasteiger partial charge in [0.05, 0.1) is 58.4 Å². The standard InChI is InChI=1S/C84H151N3O33/c1-5-7-9-11-13-15-17-19-20-21-22-23-24-25-26-27-28-30-32-34-36-38-40-42-60(97)87-52(53(96)41-39-37-35-33-31-29-18-16-14-12-10-8-6-2)49-109-81-70(105)68(103)74(58(47-92)114-81)116-82-71(106)69(104)75(59(48-93)115-82)117-83-72(107)78(66(101)56(45-90)112-83)120-80-62(86-51(4)95)76(64(99)55(44-89)111-80)118-84-73(108)77(65(100)57(46-91)113-84)119-79-61(85-50(3)94)67(102)63(98)54(43-88)110-79/h19-20,39,41,52-59,61-84,88-93,96,98-108H,5-18,21-38,40,42-49H2,1-4H3,(H,85,94)(H,86,95)(H,87,97)/b20-19-,41-39+/t52-,53+,54?,55?,56?,57?,58?,59?,61?,62?,63-,64-,65-,66-,67+,68+,69+,70?,71?,72?,73?,74+,75-,76+,77-,78-,79+,80-,81+,82-,83-,84-/m0/s1. The first-order chi connectivity index (χ1) is 57.8. The number of aliphatic hydroxyl groups excluding tert-OH is 18. The smallest absolute Gasteiger partial charge is 0.220 e. The predicted octanol–water partition coefficient (Wildman–Crippen LogP) is 0.473. The summed E-state index contributed by atoms with van der Waals surface area (Å²) < 4.78 is 70.9. The first kappa shape index (κ1) is 105. The van der Waals surface area contributed by atoms with Crippen LogP contribution in [0.3, 0.4) is 0 Å². The molecule has 0 aromatic heterocycles. The number of hydrogen-bond acceptors (Lipinski definition) is 33. The molecule has 12 unspecified atom stereocenters. The summed E-state index contributed by atoms with van der Waals surface area (Å²) in [5.74, 6) is -1.99. The van der Waals surface area contributed by atoms with Crippen molar-refractivity contribution in [1.29, 1.82) is 0 Å². The van der Waals surface area contributed by atoms with Crippen molar-refractivity contribution in [2.45, 2.75) is 442 Å². The zero-order valence-corrected chi connectivity index (χ0v) is 70.9. The Labute approximate surface area is 706 Å². The number of hydrogen-bond donors (Lipinski definition) is 21. The van der Waals surface area contributed by atoms with Gasteiger partial charge in [0.15, 0.2) is 37.7 Å². The maximum Gasteiger partial charge on any atom is 0.220 e. The van der Waals surface area contributed by atoms with Crippen molar-refractivity contribution in [1.82, 2.24) is 16.0 Å². The van der Waals surface area contributed by atoms with E-state index in [1.807, 2.05) is 6.08 Å². The maximum absolute atomic E-state index is 13.6. The summed E-state index contributed by atoms with van der Waals surface area (Å²) in [7, 11) is 0. The minimum atomic E-state index is -2.27. The van der Waals surface area contributed by atoms with Crippen LogP contribution in [0.25, 0.3) is 0 Å². The molecular weight excluding hydrogens is 1580 g/mol. The van der Waals surface area contributed by atoms with Crippen LogP contribution in [0.15, 0.2) is 24.3 Å². The maximum atomic E-state index is 13.6. The van der Waals surface area contributed by atoms with Gasteiger partial charge in [-0.1, -0.05) is 205 Å². The quantitative estimate of drug-likeness (QED) is 0.0291. The Kier molecular flexibility index (Phi) is 51.2. The molecular formula is C84H151N3O33. The van der Waals surface area contributed by atoms with Gasteiger partial charge in [0.1, 0.15) is 146 Å². The summed E-state index contributed by atoms with van der Waals surface area (Å²) in [6.07, 6.45) is -8.69. The molecule has 6 aliphatic heterocycles. The van der Waals surface area contributed by atoms with Crippen molar-refractivity contribution >= 4 is 17.7 Å². The Hall–Kier alpha value is -3.31. The third-order valence-corrected chi connectivity index (χ3v) is 23.4. The molecule has 6 saturated heterocycles. The number of amides is 3. The van der Waals surface area contributed by atoms with Crippen molar-refractivity contribution in [2.75, 3.05) is 46.2 Å². The number of unbranched alkanes of at least 4 members (excludes halogenated alkanes) is 30. The van der Waals surface area contributed by atoms with Gasteiger partial charge in [-0.25, -0.2) is 0 Å². The van der Waals surface area contributed by atoms with Crippen LogP contribution in [0.4, 0.5) is 0 Å². The topological polar surface area (TPSA) is 562 Å². The Balaban J connectivity index is 1.04. The van der Waals surface area contributed by atoms with Gasteiger partial charge < -0.3 is 165 Å². The van der Waals surface area contributed by atoms with E-state index in [0.29, 0.717) is 12.8 Å². The van der Waals surface area contributed by atoms with E-state index in [-0.39, 0.29) is 12.3 Å². The fourth-order valence-electron chi connectivity index (χ4n) is 16.2. The number of carbonyl (C=O) groups excluding carboxylic acids is 3. The molecule has 0 aromatic rings. The van der Waals surface area contributed by atoms with Crippen LogP contribution in [0.1, 0.15) is 246 Å². The fourth-order valence-corrected chi connectivity index (χ4v) is 16.2. The molecule has 120 heavy (non-hydrogen) atoms. The van der Waals surface area contributed by atoms with Crippen LogP contribution in [0.5, 0.6) is 0 Å². The Morgan fingerprint density at radius 1 is 0.325 bits per heavy atom. The zero-order valence-electron chi connectivity index (χ0n) is 70.9. The van der Waals surface area contributed by atoms with Crippen molar-refractivity contribution in [3.05, 3.63) is 24.3 Å². The minimum Gasteiger partial charge on any atom is -0.394 e. The lowest BCUT2D eigenvalue weighted by Crippen LogP contribution is -2.71. The number of carbonyl (C=O) groups is 3. The molecule has 6 heterocycles. The van der Waals surface area contributed by atoms with E-state index >= 15 is 0 Å². The molecule has 700 valence electrons. The predicted molar refractivity (Wildman–Crippen MR) is 431 cm³/mol. The summed E-state index contributed by atoms with van der Waals surface area (Å²) in [5.41, 5.74) is 0. The van der Waals surface area contributed by atoms with Gasteiger partial charge in [0, 0.05) is 20.3 Å². The van der Waals surface area contributed by atoms with Crippen LogP contribution in [-0.2, 0) is 71.2 Å². The van der Waals surface area contributed by atoms with Crippen molar-refractivity contribution in [2.24, 2.45) is 0 Å². The van der Waals surface area contributed by atoms with E-state index in [4.69, 9.17) is 56.8 Å². The Morgan fingerprint density at radius 2 is 0.633 bits per heavy atom. The molecule has 36 nitrogen and oxygen atoms in total. The molecule has 0 saturated carbocycles. The highest BCUT2D eigenvalue weighted by Gasteiger charge is 2.59. The molecule has 6 fully saturated rings. The second-order valence-corrected chi connectivity index (χ2v) is 33.1. The normalized spacial score (nSPS) is 35.6. The van der Waals surface area contributed by atoms with E-state index in [2.05, 4.69) is 41.9 Å². The highest BCUT2D eigenvalue weighted by atomic mass is 16.8. The molecule has 0 radical (unpaired) electrons. The molecule has 3 amide bonds. The number of allylic oxidation sites excluding steroid dienone is 3. The van der Waals surface area contributed by atoms with Gasteiger partial charge >= 0.3 is 0 Å². The van der Waals surface area contributed by atoms with Gasteiger partial charge in [0.25, 0.3) is 0 Å². The molecule has 32 atom stereocenters. The van der Waals surface area contributed by atoms with E-state index < -0.39 is 254 Å². The Bertz CT molecular complexity index is 2790. The lowest BCUT2D eigenvalue weighted by Gasteiger charge is -2.51. The molecule has 21 N–H and O–H groups in total. The van der Waals surface area contributed by atoms with E-state index in [0.717, 1.165) is 65.2 Å². The van der Waals surface area contributed by atoms with Gasteiger partial charge in [-0.3, -0.25) is 14.4 Å². The summed E-state index contributed by atoms with van der Waals surface area (Å²) in [6.45, 7) is 0.0814.